The molecular weight excluding hydrogens is 587 g/mol. The van der Waals surface area contributed by atoms with Crippen LogP contribution in [0.15, 0.2) is 36.5 Å². The van der Waals surface area contributed by atoms with Gasteiger partial charge in [-0.15, -0.1) is 0 Å². The van der Waals surface area contributed by atoms with Crippen molar-refractivity contribution in [2.75, 3.05) is 40.9 Å². The summed E-state index contributed by atoms with van der Waals surface area (Å²) in [5.41, 5.74) is 0. The SMILES string of the molecule is CCCCCC/C=C\CCCC(=O)NC(COP(=O)(O)OCC[N+](C)(C)C)C(O)/C=C/CC/C=C/CCCCCCCCCC. The van der Waals surface area contributed by atoms with Crippen molar-refractivity contribution in [1.29, 1.82) is 0 Å². The first kappa shape index (κ1) is 43.7. The summed E-state index contributed by atoms with van der Waals surface area (Å²) in [4.78, 5) is 22.8. The molecule has 0 aliphatic carbocycles. The Labute approximate surface area is 276 Å². The van der Waals surface area contributed by atoms with Gasteiger partial charge in [0.2, 0.25) is 5.91 Å². The zero-order chi connectivity index (χ0) is 33.7. The predicted octanol–water partition coefficient (Wildman–Crippen LogP) is 8.79. The lowest BCUT2D eigenvalue weighted by Gasteiger charge is -2.25. The van der Waals surface area contributed by atoms with Crippen LogP contribution in [-0.2, 0) is 18.4 Å². The van der Waals surface area contributed by atoms with Crippen LogP contribution in [0.5, 0.6) is 0 Å². The number of unbranched alkanes of at least 4 members (excludes halogenated alkanes) is 14. The topological polar surface area (TPSA) is 105 Å². The summed E-state index contributed by atoms with van der Waals surface area (Å²) < 4.78 is 23.3. The number of quaternary nitrogens is 1. The van der Waals surface area contributed by atoms with Gasteiger partial charge >= 0.3 is 7.82 Å². The van der Waals surface area contributed by atoms with Gasteiger partial charge in [0.05, 0.1) is 39.9 Å². The molecule has 1 amide bonds. The molecule has 3 unspecified atom stereocenters. The van der Waals surface area contributed by atoms with E-state index in [1.165, 1.54) is 77.0 Å². The Kier molecular flexibility index (Phi) is 28.1. The highest BCUT2D eigenvalue weighted by molar-refractivity contribution is 7.47. The number of amides is 1. The van der Waals surface area contributed by atoms with Gasteiger partial charge in [0.15, 0.2) is 0 Å². The summed E-state index contributed by atoms with van der Waals surface area (Å²) in [5, 5.41) is 13.6. The zero-order valence-electron chi connectivity index (χ0n) is 29.6. The number of rotatable bonds is 31. The second kappa shape index (κ2) is 28.9. The number of aliphatic hydroxyl groups excluding tert-OH is 1. The molecule has 264 valence electrons. The first-order valence-electron chi connectivity index (χ1n) is 17.9. The van der Waals surface area contributed by atoms with Crippen LogP contribution < -0.4 is 5.32 Å². The summed E-state index contributed by atoms with van der Waals surface area (Å²) in [6.07, 6.45) is 32.2. The molecule has 0 aliphatic heterocycles. The first-order valence-corrected chi connectivity index (χ1v) is 19.4. The maximum Gasteiger partial charge on any atom is 0.472 e. The number of hydrogen-bond acceptors (Lipinski definition) is 5. The minimum Gasteiger partial charge on any atom is -0.387 e. The van der Waals surface area contributed by atoms with Crippen molar-refractivity contribution in [1.82, 2.24) is 5.32 Å². The number of carbonyl (C=O) groups is 1. The van der Waals surface area contributed by atoms with Gasteiger partial charge in [0.25, 0.3) is 0 Å². The Hall–Kier alpha value is -1.28. The summed E-state index contributed by atoms with van der Waals surface area (Å²) in [5.74, 6) is -0.227. The Morgan fingerprint density at radius 2 is 1.22 bits per heavy atom. The van der Waals surface area contributed by atoms with Gasteiger partial charge in [0.1, 0.15) is 13.2 Å². The molecule has 0 aromatic rings. The van der Waals surface area contributed by atoms with E-state index in [-0.39, 0.29) is 19.1 Å². The maximum atomic E-state index is 12.7. The number of allylic oxidation sites excluding steroid dienone is 5. The van der Waals surface area contributed by atoms with E-state index in [0.717, 1.165) is 32.1 Å². The van der Waals surface area contributed by atoms with Crippen LogP contribution in [-0.4, -0.2) is 73.4 Å². The van der Waals surface area contributed by atoms with Gasteiger partial charge in [-0.1, -0.05) is 115 Å². The van der Waals surface area contributed by atoms with E-state index in [4.69, 9.17) is 9.05 Å². The number of phosphoric ester groups is 1. The number of nitrogens with zero attached hydrogens (tertiary/aromatic N) is 1. The fourth-order valence-corrected chi connectivity index (χ4v) is 5.38. The highest BCUT2D eigenvalue weighted by Gasteiger charge is 2.27. The third-order valence-electron chi connectivity index (χ3n) is 7.58. The van der Waals surface area contributed by atoms with Crippen LogP contribution in [0.1, 0.15) is 136 Å². The third-order valence-corrected chi connectivity index (χ3v) is 8.57. The molecule has 45 heavy (non-hydrogen) atoms. The van der Waals surface area contributed by atoms with Gasteiger partial charge in [-0.05, 0) is 51.4 Å². The largest absolute Gasteiger partial charge is 0.472 e. The average molecular weight is 658 g/mol. The molecule has 0 saturated carbocycles. The highest BCUT2D eigenvalue weighted by Crippen LogP contribution is 2.43. The van der Waals surface area contributed by atoms with E-state index >= 15 is 0 Å². The molecule has 8 nitrogen and oxygen atoms in total. The van der Waals surface area contributed by atoms with Crippen LogP contribution in [0.3, 0.4) is 0 Å². The number of phosphoric acid groups is 1. The van der Waals surface area contributed by atoms with Crippen molar-refractivity contribution in [3.63, 3.8) is 0 Å². The van der Waals surface area contributed by atoms with Crippen molar-refractivity contribution in [3.8, 4) is 0 Å². The number of hydrogen-bond donors (Lipinski definition) is 3. The quantitative estimate of drug-likeness (QED) is 0.0298. The number of carbonyl (C=O) groups excluding carboxylic acids is 1. The van der Waals surface area contributed by atoms with E-state index in [0.29, 0.717) is 23.9 Å². The predicted molar refractivity (Wildman–Crippen MR) is 189 cm³/mol. The standard InChI is InChI=1S/C36H69N2O6P/c1-6-8-10-12-14-16-17-18-19-20-22-23-25-27-29-35(39)34(33-44-45(41,42)43-32-31-38(3,4)5)37-36(40)30-28-26-24-21-15-13-11-9-7-2/h20-22,24,27,29,34-35,39H,6-19,23,25-26,28,30-33H2,1-5H3,(H-,37,40,41,42)/p+1/b22-20+,24-21-,29-27+. The van der Waals surface area contributed by atoms with Crippen molar-refractivity contribution in [2.24, 2.45) is 0 Å². The molecule has 3 atom stereocenters. The van der Waals surface area contributed by atoms with E-state index in [1.807, 2.05) is 27.2 Å². The van der Waals surface area contributed by atoms with Crippen molar-refractivity contribution < 1.29 is 32.9 Å². The molecule has 0 rings (SSSR count). The van der Waals surface area contributed by atoms with E-state index < -0.39 is 20.0 Å². The molecule has 0 aliphatic rings. The Morgan fingerprint density at radius 3 is 1.80 bits per heavy atom. The van der Waals surface area contributed by atoms with Crippen LogP contribution in [0, 0.1) is 0 Å². The van der Waals surface area contributed by atoms with Gasteiger partial charge < -0.3 is 19.8 Å². The normalized spacial score (nSPS) is 15.3. The van der Waals surface area contributed by atoms with Crippen molar-refractivity contribution in [2.45, 2.75) is 148 Å². The summed E-state index contributed by atoms with van der Waals surface area (Å²) >= 11 is 0. The molecule has 0 saturated heterocycles. The lowest BCUT2D eigenvalue weighted by Crippen LogP contribution is -2.45. The number of likely N-dealkylation sites (N-methyl/N-ethyl adjacent to an activating group) is 1. The van der Waals surface area contributed by atoms with Crippen LogP contribution in [0.2, 0.25) is 0 Å². The lowest BCUT2D eigenvalue weighted by atomic mass is 10.1. The minimum absolute atomic E-state index is 0.0510. The highest BCUT2D eigenvalue weighted by atomic mass is 31.2. The fraction of sp³-hybridized carbons (Fsp3) is 0.806. The van der Waals surface area contributed by atoms with E-state index in [2.05, 4.69) is 43.5 Å². The Balaban J connectivity index is 4.68. The molecule has 0 heterocycles. The second-order valence-electron chi connectivity index (χ2n) is 13.2. The molecule has 0 aromatic carbocycles. The molecule has 0 fully saturated rings. The molecule has 9 heteroatoms. The van der Waals surface area contributed by atoms with Gasteiger partial charge in [-0.3, -0.25) is 13.8 Å². The van der Waals surface area contributed by atoms with E-state index in [1.54, 1.807) is 6.08 Å². The fourth-order valence-electron chi connectivity index (χ4n) is 4.65. The zero-order valence-corrected chi connectivity index (χ0v) is 30.5. The average Bonchev–Trinajstić information content (AvgIpc) is 2.97. The summed E-state index contributed by atoms with van der Waals surface area (Å²) in [6, 6.07) is -0.872. The number of nitrogens with one attached hydrogen (secondary N) is 1. The third kappa shape index (κ3) is 31.1. The van der Waals surface area contributed by atoms with Crippen molar-refractivity contribution >= 4 is 13.7 Å². The summed E-state index contributed by atoms with van der Waals surface area (Å²) in [6.45, 7) is 4.69. The molecule has 0 radical (unpaired) electrons. The Bertz CT molecular complexity index is 840. The number of aliphatic hydroxyl groups is 1. The smallest absolute Gasteiger partial charge is 0.387 e. The van der Waals surface area contributed by atoms with Crippen molar-refractivity contribution in [3.05, 3.63) is 36.5 Å². The molecule has 0 aromatic heterocycles. The van der Waals surface area contributed by atoms with Gasteiger partial charge in [0, 0.05) is 6.42 Å². The summed E-state index contributed by atoms with van der Waals surface area (Å²) in [7, 11) is 1.53. The van der Waals surface area contributed by atoms with Crippen LogP contribution in [0.4, 0.5) is 0 Å². The monoisotopic (exact) mass is 657 g/mol. The molecule has 0 bridgehead atoms. The van der Waals surface area contributed by atoms with Gasteiger partial charge in [-0.2, -0.15) is 0 Å². The maximum absolute atomic E-state index is 12.7. The van der Waals surface area contributed by atoms with Crippen LogP contribution in [0.25, 0.3) is 0 Å². The van der Waals surface area contributed by atoms with Gasteiger partial charge in [-0.25, -0.2) is 4.57 Å². The molecule has 0 spiro atoms. The lowest BCUT2D eigenvalue weighted by molar-refractivity contribution is -0.870. The van der Waals surface area contributed by atoms with Crippen LogP contribution >= 0.6 is 7.82 Å². The van der Waals surface area contributed by atoms with E-state index in [9.17, 15) is 19.4 Å². The molecular formula is C36H70N2O6P+. The second-order valence-corrected chi connectivity index (χ2v) is 14.7. The first-order chi connectivity index (χ1) is 21.5. The minimum atomic E-state index is -4.34. The Morgan fingerprint density at radius 1 is 0.733 bits per heavy atom. The molecule has 3 N–H and O–H groups in total.